The lowest BCUT2D eigenvalue weighted by molar-refractivity contribution is 0.149. The van der Waals surface area contributed by atoms with Crippen molar-refractivity contribution in [1.29, 1.82) is 0 Å². The third kappa shape index (κ3) is 2.56. The Morgan fingerprint density at radius 2 is 2.25 bits per heavy atom. The third-order valence-electron chi connectivity index (χ3n) is 3.38. The molecule has 2 heteroatoms. The molecule has 1 unspecified atom stereocenters. The van der Waals surface area contributed by atoms with Crippen LogP contribution in [0.3, 0.4) is 0 Å². The smallest absolute Gasteiger partial charge is 0.115 e. The highest BCUT2D eigenvalue weighted by molar-refractivity contribution is 5.29. The molecule has 0 saturated carbocycles. The molecule has 16 heavy (non-hydrogen) atoms. The molecule has 0 aromatic heterocycles. The van der Waals surface area contributed by atoms with E-state index in [9.17, 15) is 5.11 Å². The van der Waals surface area contributed by atoms with Crippen LogP contribution in [-0.2, 0) is 0 Å². The number of rotatable bonds is 3. The van der Waals surface area contributed by atoms with Gasteiger partial charge < -0.3 is 5.11 Å². The highest BCUT2D eigenvalue weighted by Crippen LogP contribution is 2.32. The molecule has 0 radical (unpaired) electrons. The summed E-state index contributed by atoms with van der Waals surface area (Å²) in [5, 5.41) is 9.54. The van der Waals surface area contributed by atoms with E-state index in [0.29, 0.717) is 11.8 Å². The second-order valence-electron chi connectivity index (χ2n) is 4.64. The van der Waals surface area contributed by atoms with E-state index in [1.165, 1.54) is 44.3 Å². The number of aromatic hydroxyl groups is 1. The molecule has 1 aromatic carbocycles. The van der Waals surface area contributed by atoms with Crippen LogP contribution in [0.25, 0.3) is 0 Å². The van der Waals surface area contributed by atoms with Gasteiger partial charge in [-0.15, -0.1) is 0 Å². The van der Waals surface area contributed by atoms with Gasteiger partial charge in [0.25, 0.3) is 0 Å². The lowest BCUT2D eigenvalue weighted by atomic mass is 9.95. The van der Waals surface area contributed by atoms with Crippen molar-refractivity contribution in [1.82, 2.24) is 4.90 Å². The number of nitrogens with zero attached hydrogens (tertiary/aromatic N) is 1. The molecule has 1 aromatic rings. The first-order chi connectivity index (χ1) is 7.81. The summed E-state index contributed by atoms with van der Waals surface area (Å²) < 4.78 is 0. The minimum atomic E-state index is 0.388. The van der Waals surface area contributed by atoms with E-state index in [0.717, 1.165) is 0 Å². The van der Waals surface area contributed by atoms with Crippen LogP contribution >= 0.6 is 0 Å². The van der Waals surface area contributed by atoms with Crippen molar-refractivity contribution >= 4 is 0 Å². The van der Waals surface area contributed by atoms with Crippen molar-refractivity contribution in [3.63, 3.8) is 0 Å². The maximum atomic E-state index is 9.54. The van der Waals surface area contributed by atoms with E-state index in [1.807, 2.05) is 12.1 Å². The molecule has 0 amide bonds. The largest absolute Gasteiger partial charge is 0.508 e. The normalized spacial score (nSPS) is 22.2. The van der Waals surface area contributed by atoms with Crippen LogP contribution in [-0.4, -0.2) is 23.1 Å². The predicted octanol–water partition coefficient (Wildman–Crippen LogP) is 3.33. The molecule has 2 nitrogen and oxygen atoms in total. The van der Waals surface area contributed by atoms with Crippen LogP contribution in [0.1, 0.15) is 44.2 Å². The molecule has 0 bridgehead atoms. The first-order valence-electron chi connectivity index (χ1n) is 6.34. The number of hydrogen-bond donors (Lipinski definition) is 1. The zero-order valence-corrected chi connectivity index (χ0v) is 10.0. The monoisotopic (exact) mass is 219 g/mol. The highest BCUT2D eigenvalue weighted by Gasteiger charge is 2.22. The van der Waals surface area contributed by atoms with Gasteiger partial charge >= 0.3 is 0 Å². The van der Waals surface area contributed by atoms with E-state index >= 15 is 0 Å². The van der Waals surface area contributed by atoms with Gasteiger partial charge in [-0.2, -0.15) is 0 Å². The van der Waals surface area contributed by atoms with E-state index in [1.54, 1.807) is 6.07 Å². The second kappa shape index (κ2) is 5.35. The minimum Gasteiger partial charge on any atom is -0.508 e. The quantitative estimate of drug-likeness (QED) is 0.843. The summed E-state index contributed by atoms with van der Waals surface area (Å²) in [4.78, 5) is 2.55. The molecule has 1 N–H and O–H groups in total. The number of benzene rings is 1. The summed E-state index contributed by atoms with van der Waals surface area (Å²) in [6.45, 7) is 4.60. The van der Waals surface area contributed by atoms with Crippen LogP contribution in [0.4, 0.5) is 0 Å². The fourth-order valence-corrected chi connectivity index (χ4v) is 2.66. The highest BCUT2D eigenvalue weighted by atomic mass is 16.3. The van der Waals surface area contributed by atoms with Gasteiger partial charge in [0.1, 0.15) is 5.75 Å². The van der Waals surface area contributed by atoms with E-state index < -0.39 is 0 Å². The number of phenols is 1. The van der Waals surface area contributed by atoms with Crippen molar-refractivity contribution < 1.29 is 5.11 Å². The van der Waals surface area contributed by atoms with Crippen LogP contribution in [0.15, 0.2) is 24.3 Å². The molecule has 1 fully saturated rings. The number of hydrogen-bond acceptors (Lipinski definition) is 2. The Kier molecular flexibility index (Phi) is 3.83. The van der Waals surface area contributed by atoms with Crippen molar-refractivity contribution in [2.45, 2.75) is 38.6 Å². The van der Waals surface area contributed by atoms with Crippen molar-refractivity contribution in [3.05, 3.63) is 29.8 Å². The van der Waals surface area contributed by atoms with Crippen molar-refractivity contribution in [2.24, 2.45) is 0 Å². The van der Waals surface area contributed by atoms with E-state index in [4.69, 9.17) is 0 Å². The summed E-state index contributed by atoms with van der Waals surface area (Å²) in [6, 6.07) is 8.26. The van der Waals surface area contributed by atoms with Gasteiger partial charge in [0.05, 0.1) is 0 Å². The Hall–Kier alpha value is -1.02. The predicted molar refractivity (Wildman–Crippen MR) is 66.6 cm³/mol. The number of phenolic OH excluding ortho intramolecular Hbond substituents is 1. The van der Waals surface area contributed by atoms with Gasteiger partial charge in [0.2, 0.25) is 0 Å². The Labute approximate surface area is 97.9 Å². The summed E-state index contributed by atoms with van der Waals surface area (Å²) in [7, 11) is 0. The molecule has 1 heterocycles. The van der Waals surface area contributed by atoms with Crippen LogP contribution < -0.4 is 0 Å². The van der Waals surface area contributed by atoms with Gasteiger partial charge in [-0.05, 0) is 50.0 Å². The fraction of sp³-hybridized carbons (Fsp3) is 0.571. The molecule has 2 rings (SSSR count). The molecule has 0 aliphatic carbocycles. The van der Waals surface area contributed by atoms with E-state index in [-0.39, 0.29) is 0 Å². The standard InChI is InChI=1S/C14H21NO/c1-2-9-15-10-4-3-8-14(15)12-6-5-7-13(16)11-12/h5-7,11,14,16H,2-4,8-10H2,1H3. The molecule has 0 spiro atoms. The molecule has 1 atom stereocenters. The molecule has 1 aliphatic rings. The average Bonchev–Trinajstić information content (AvgIpc) is 2.30. The van der Waals surface area contributed by atoms with Gasteiger partial charge in [-0.3, -0.25) is 4.90 Å². The summed E-state index contributed by atoms with van der Waals surface area (Å²) in [5.41, 5.74) is 1.27. The van der Waals surface area contributed by atoms with Crippen LogP contribution in [0, 0.1) is 0 Å². The van der Waals surface area contributed by atoms with Crippen LogP contribution in [0.5, 0.6) is 5.75 Å². The van der Waals surface area contributed by atoms with E-state index in [2.05, 4.69) is 17.9 Å². The Morgan fingerprint density at radius 1 is 1.38 bits per heavy atom. The zero-order valence-electron chi connectivity index (χ0n) is 10.0. The van der Waals surface area contributed by atoms with Gasteiger partial charge in [0.15, 0.2) is 0 Å². The average molecular weight is 219 g/mol. The van der Waals surface area contributed by atoms with Gasteiger partial charge in [0, 0.05) is 6.04 Å². The SMILES string of the molecule is CCCN1CCCCC1c1cccc(O)c1. The molecular formula is C14H21NO. The molecule has 1 saturated heterocycles. The summed E-state index contributed by atoms with van der Waals surface area (Å²) in [5.74, 6) is 0.388. The fourth-order valence-electron chi connectivity index (χ4n) is 2.66. The molecule has 1 aliphatic heterocycles. The molecule has 88 valence electrons. The lowest BCUT2D eigenvalue weighted by Gasteiger charge is -2.35. The van der Waals surface area contributed by atoms with Gasteiger partial charge in [-0.1, -0.05) is 25.5 Å². The first kappa shape index (κ1) is 11.5. The summed E-state index contributed by atoms with van der Waals surface area (Å²) >= 11 is 0. The lowest BCUT2D eigenvalue weighted by Crippen LogP contribution is -2.33. The minimum absolute atomic E-state index is 0.388. The van der Waals surface area contributed by atoms with Crippen molar-refractivity contribution in [3.8, 4) is 5.75 Å². The second-order valence-corrected chi connectivity index (χ2v) is 4.64. The maximum Gasteiger partial charge on any atom is 0.115 e. The number of likely N-dealkylation sites (tertiary alicyclic amines) is 1. The number of piperidine rings is 1. The Morgan fingerprint density at radius 3 is 3.00 bits per heavy atom. The van der Waals surface area contributed by atoms with Gasteiger partial charge in [-0.25, -0.2) is 0 Å². The summed E-state index contributed by atoms with van der Waals surface area (Å²) in [6.07, 6.45) is 5.05. The van der Waals surface area contributed by atoms with Crippen molar-refractivity contribution in [2.75, 3.05) is 13.1 Å². The molecular weight excluding hydrogens is 198 g/mol. The topological polar surface area (TPSA) is 23.5 Å². The van der Waals surface area contributed by atoms with Crippen LogP contribution in [0.2, 0.25) is 0 Å². The zero-order chi connectivity index (χ0) is 11.4. The third-order valence-corrected chi connectivity index (χ3v) is 3.38. The first-order valence-corrected chi connectivity index (χ1v) is 6.34. The Bertz CT molecular complexity index is 335. The Balaban J connectivity index is 2.16. The maximum absolute atomic E-state index is 9.54.